The Kier molecular flexibility index (Phi) is 8.81. The van der Waals surface area contributed by atoms with Gasteiger partial charge in [-0.3, -0.25) is 0 Å². The van der Waals surface area contributed by atoms with Crippen LogP contribution in [-0.4, -0.2) is 28.1 Å². The van der Waals surface area contributed by atoms with Gasteiger partial charge in [0.25, 0.3) is 0 Å². The topological polar surface area (TPSA) is 36.1 Å². The van der Waals surface area contributed by atoms with Crippen LogP contribution in [0.4, 0.5) is 3.50 Å². The van der Waals surface area contributed by atoms with Crippen molar-refractivity contribution in [2.75, 3.05) is 0 Å². The summed E-state index contributed by atoms with van der Waals surface area (Å²) in [4.78, 5) is 0. The Morgan fingerprint density at radius 2 is 1.36 bits per heavy atom. The van der Waals surface area contributed by atoms with E-state index in [9.17, 15) is 0 Å². The van der Waals surface area contributed by atoms with Gasteiger partial charge in [0.05, 0.1) is 0 Å². The molecule has 0 aromatic heterocycles. The van der Waals surface area contributed by atoms with Crippen molar-refractivity contribution in [1.82, 2.24) is 9.78 Å². The molecule has 0 spiro atoms. The zero-order valence-electron chi connectivity index (χ0n) is 17.7. The van der Waals surface area contributed by atoms with E-state index in [1.807, 2.05) is 11.5 Å². The van der Waals surface area contributed by atoms with Crippen molar-refractivity contribution in [3.05, 3.63) is 21.5 Å². The zero-order valence-corrected chi connectivity index (χ0v) is 22.2. The fourth-order valence-electron chi connectivity index (χ4n) is 3.90. The third-order valence-corrected chi connectivity index (χ3v) is 62.7. The Hall–Kier alpha value is 0.716. The number of nitrogens with one attached hydrogen (secondary N) is 3. The van der Waals surface area contributed by atoms with Gasteiger partial charge in [-0.1, -0.05) is 0 Å². The molecule has 1 aliphatic rings. The van der Waals surface area contributed by atoms with E-state index in [1.165, 1.54) is 3.28 Å². The Labute approximate surface area is 158 Å². The Morgan fingerprint density at radius 1 is 0.960 bits per heavy atom. The predicted molar refractivity (Wildman–Crippen MR) is 109 cm³/mol. The maximum atomic E-state index is 16.5. The number of allylic oxidation sites excluding steroid dienone is 4. The molecule has 3 atom stereocenters. The molecule has 0 fully saturated rings. The van der Waals surface area contributed by atoms with E-state index in [-0.39, 0.29) is 0 Å². The van der Waals surface area contributed by atoms with Gasteiger partial charge in [0.2, 0.25) is 0 Å². The first kappa shape index (κ1) is 23.8. The van der Waals surface area contributed by atoms with Crippen LogP contribution in [0, 0.1) is 0 Å². The first-order valence-electron chi connectivity index (χ1n) is 10.1. The average Bonchev–Trinajstić information content (AvgIpc) is 3.08. The van der Waals surface area contributed by atoms with Crippen molar-refractivity contribution in [1.29, 1.82) is 0 Å². The van der Waals surface area contributed by atoms with Gasteiger partial charge in [0.1, 0.15) is 0 Å². The van der Waals surface area contributed by atoms with Gasteiger partial charge >= 0.3 is 159 Å². The van der Waals surface area contributed by atoms with Gasteiger partial charge < -0.3 is 0 Å². The third kappa shape index (κ3) is 4.77. The van der Waals surface area contributed by atoms with Crippen LogP contribution in [-0.2, 0) is 17.1 Å². The summed E-state index contributed by atoms with van der Waals surface area (Å²) < 4.78 is 29.8. The van der Waals surface area contributed by atoms with Crippen LogP contribution in [0.5, 0.6) is 0 Å². The maximum absolute atomic E-state index is 16.5. The van der Waals surface area contributed by atoms with Crippen molar-refractivity contribution in [3.63, 3.8) is 0 Å². The molecule has 0 heterocycles. The van der Waals surface area contributed by atoms with Crippen molar-refractivity contribution >= 4 is 9.94 Å². The minimum absolute atomic E-state index is 0.293. The predicted octanol–water partition coefficient (Wildman–Crippen LogP) is 5.10. The average molecular weight is 494 g/mol. The van der Waals surface area contributed by atoms with E-state index in [0.717, 1.165) is 25.7 Å². The van der Waals surface area contributed by atoms with Crippen LogP contribution >= 0.6 is 0 Å². The summed E-state index contributed by atoms with van der Waals surface area (Å²) in [5.41, 5.74) is 0. The molecule has 3 unspecified atom stereocenters. The number of halogens is 1. The first-order chi connectivity index (χ1) is 11.5. The molecule has 6 heteroatoms. The molecule has 0 amide bonds. The van der Waals surface area contributed by atoms with Gasteiger partial charge in [-0.25, -0.2) is 0 Å². The molecule has 147 valence electrons. The van der Waals surface area contributed by atoms with Gasteiger partial charge in [-0.15, -0.1) is 0 Å². The van der Waals surface area contributed by atoms with Crippen molar-refractivity contribution < 1.29 is 20.6 Å². The van der Waals surface area contributed by atoms with Crippen molar-refractivity contribution in [3.8, 4) is 0 Å². The first-order valence-corrected chi connectivity index (χ1v) is 27.4. The van der Waals surface area contributed by atoms with Crippen LogP contribution in [0.1, 0.15) is 67.2 Å². The van der Waals surface area contributed by atoms with Crippen molar-refractivity contribution in [2.45, 2.75) is 96.9 Å². The molecular formula is C19H41FGeN3Zr. The second-order valence-corrected chi connectivity index (χ2v) is 52.0. The van der Waals surface area contributed by atoms with Crippen LogP contribution in [0.15, 0.2) is 21.5 Å². The summed E-state index contributed by atoms with van der Waals surface area (Å²) in [7, 11) is -3.74. The summed E-state index contributed by atoms with van der Waals surface area (Å²) in [5.74, 6) is 3.93. The molecule has 1 rings (SSSR count). The number of hydrogen-bond acceptors (Lipinski definition) is 3. The van der Waals surface area contributed by atoms with Gasteiger partial charge in [-0.05, 0) is 0 Å². The second kappa shape index (κ2) is 9.27. The number of hydrogen-bond donors (Lipinski definition) is 3. The summed E-state index contributed by atoms with van der Waals surface area (Å²) in [6, 6.07) is 0.878. The Morgan fingerprint density at radius 3 is 1.60 bits per heavy atom. The van der Waals surface area contributed by atoms with E-state index in [0.29, 0.717) is 18.1 Å². The molecule has 1 aliphatic carbocycles. The Balaban J connectivity index is 3.69. The fourth-order valence-corrected chi connectivity index (χ4v) is 55.1. The minimum atomic E-state index is -4.50. The molecule has 3 N–H and O–H groups in total. The fraction of sp³-hybridized carbons (Fsp3) is 0.789. The molecule has 0 bridgehead atoms. The molecule has 0 saturated heterocycles. The summed E-state index contributed by atoms with van der Waals surface area (Å²) in [6.45, 7) is 13.2. The van der Waals surface area contributed by atoms with Crippen LogP contribution in [0.25, 0.3) is 0 Å². The van der Waals surface area contributed by atoms with E-state index >= 15 is 3.50 Å². The summed E-state index contributed by atoms with van der Waals surface area (Å²) >= 11 is -4.50. The van der Waals surface area contributed by atoms with E-state index in [4.69, 9.17) is 0 Å². The molecule has 0 aromatic carbocycles. The van der Waals surface area contributed by atoms with Crippen LogP contribution in [0.2, 0.25) is 11.5 Å². The molecule has 0 aliphatic heterocycles. The Bertz CT molecular complexity index is 467. The van der Waals surface area contributed by atoms with Crippen LogP contribution in [0.3, 0.4) is 0 Å². The monoisotopic (exact) mass is 494 g/mol. The molecular weight excluding hydrogens is 453 g/mol. The molecule has 0 radical (unpaired) electrons. The van der Waals surface area contributed by atoms with E-state index in [2.05, 4.69) is 69.6 Å². The van der Waals surface area contributed by atoms with Gasteiger partial charge in [0, 0.05) is 0 Å². The molecule has 3 nitrogen and oxygen atoms in total. The van der Waals surface area contributed by atoms with Crippen molar-refractivity contribution in [2.24, 2.45) is 0 Å². The second-order valence-electron chi connectivity index (χ2n) is 8.41. The number of rotatable bonds is 11. The summed E-state index contributed by atoms with van der Waals surface area (Å²) in [6.07, 6.45) is 10.4. The van der Waals surface area contributed by atoms with Gasteiger partial charge in [-0.2, -0.15) is 0 Å². The quantitative estimate of drug-likeness (QED) is 0.350. The zero-order chi connectivity index (χ0) is 19.3. The van der Waals surface area contributed by atoms with Gasteiger partial charge in [0.15, 0.2) is 0 Å². The van der Waals surface area contributed by atoms with E-state index in [1.54, 1.807) is 0 Å². The third-order valence-electron chi connectivity index (χ3n) is 6.04. The normalized spacial score (nSPS) is 20.7. The SMILES string of the molecule is CCC(C)[NH][Zr]([NH]C(C)CC)([NH]C(C)CC)([C]1=CC=CC1)[Ge]([CH3])([CH3])[F]. The summed E-state index contributed by atoms with van der Waals surface area (Å²) in [5, 5.41) is 0. The molecule has 0 aromatic rings. The van der Waals surface area contributed by atoms with E-state index < -0.39 is 27.1 Å². The van der Waals surface area contributed by atoms with Crippen LogP contribution < -0.4 is 9.78 Å². The molecule has 25 heavy (non-hydrogen) atoms. The molecule has 0 saturated carbocycles. The standard InChI is InChI=1S/C5H5.3C4H10N.C2H6FGe.Zr/c1-2-4-5-3-1;3*1-3-4(2)5;1-4(2)3;/h1-3H,4H2;3*4-5H,3H2,1-2H3;1-2H3;/q;3*-1;;+3.